The molecule has 1 aromatic heterocycles. The van der Waals surface area contributed by atoms with Gasteiger partial charge in [-0.25, -0.2) is 31.9 Å². The minimum absolute atomic E-state index is 0.168. The Labute approximate surface area is 253 Å². The number of aryl methyl sites for hydroxylation is 1. The van der Waals surface area contributed by atoms with E-state index in [-0.39, 0.29) is 11.4 Å². The molecule has 0 spiro atoms. The molecule has 13 heteroatoms. The highest BCUT2D eigenvalue weighted by atomic mass is 19.4. The number of rotatable bonds is 4. The van der Waals surface area contributed by atoms with Crippen LogP contribution in [0, 0.1) is 59.7 Å². The SMILES string of the molecule is Cc1cnc(-c2ccc(C#Cc3cc(F)c(C(F)(F)Oc4ccc5c(F)c(C#CC(F)(F)F)c(F)cc5c4)c(F)c3)c(F)c2)nc1. The molecule has 0 N–H and O–H groups in total. The summed E-state index contributed by atoms with van der Waals surface area (Å²) in [6, 6.07) is 7.55. The lowest BCUT2D eigenvalue weighted by Crippen LogP contribution is -2.25. The molecule has 0 aliphatic rings. The van der Waals surface area contributed by atoms with Crippen LogP contribution in [0.1, 0.15) is 27.8 Å². The average molecular weight is 644 g/mol. The highest BCUT2D eigenvalue weighted by molar-refractivity contribution is 5.86. The Hall–Kier alpha value is -5.56. The zero-order valence-electron chi connectivity index (χ0n) is 22.9. The molecule has 46 heavy (non-hydrogen) atoms. The molecular weight excluding hydrogens is 630 g/mol. The van der Waals surface area contributed by atoms with Gasteiger partial charge < -0.3 is 4.74 Å². The summed E-state index contributed by atoms with van der Waals surface area (Å²) in [6.45, 7) is 1.77. The smallest absolute Gasteiger partial charge is 0.429 e. The van der Waals surface area contributed by atoms with E-state index >= 15 is 0 Å². The molecule has 0 saturated carbocycles. The molecule has 0 amide bonds. The van der Waals surface area contributed by atoms with Gasteiger partial charge in [0.1, 0.15) is 40.4 Å². The monoisotopic (exact) mass is 644 g/mol. The second-order valence-electron chi connectivity index (χ2n) is 9.64. The van der Waals surface area contributed by atoms with E-state index in [1.54, 1.807) is 19.3 Å². The first-order valence-corrected chi connectivity index (χ1v) is 12.8. The topological polar surface area (TPSA) is 35.0 Å². The number of halogens is 10. The van der Waals surface area contributed by atoms with Crippen molar-refractivity contribution in [3.05, 3.63) is 124 Å². The van der Waals surface area contributed by atoms with Crippen molar-refractivity contribution in [2.75, 3.05) is 0 Å². The molecule has 5 rings (SSSR count). The van der Waals surface area contributed by atoms with Crippen LogP contribution in [0.5, 0.6) is 5.75 Å². The summed E-state index contributed by atoms with van der Waals surface area (Å²) in [5.74, 6) is -1.14. The lowest BCUT2D eigenvalue weighted by atomic mass is 10.0. The number of fused-ring (bicyclic) bond motifs is 1. The van der Waals surface area contributed by atoms with Crippen LogP contribution in [0.4, 0.5) is 43.9 Å². The lowest BCUT2D eigenvalue weighted by Gasteiger charge is -2.20. The highest BCUT2D eigenvalue weighted by Crippen LogP contribution is 2.37. The molecule has 5 aromatic rings. The summed E-state index contributed by atoms with van der Waals surface area (Å²) >= 11 is 0. The summed E-state index contributed by atoms with van der Waals surface area (Å²) in [5.41, 5.74) is -2.47. The van der Waals surface area contributed by atoms with Gasteiger partial charge in [0, 0.05) is 34.8 Å². The third-order valence-electron chi connectivity index (χ3n) is 6.26. The average Bonchev–Trinajstić information content (AvgIpc) is 2.95. The number of alkyl halides is 5. The first-order chi connectivity index (χ1) is 21.6. The van der Waals surface area contributed by atoms with Crippen molar-refractivity contribution >= 4 is 10.8 Å². The minimum Gasteiger partial charge on any atom is -0.429 e. The molecule has 0 saturated heterocycles. The molecule has 0 unspecified atom stereocenters. The second-order valence-corrected chi connectivity index (χ2v) is 9.64. The Kier molecular flexibility index (Phi) is 8.37. The van der Waals surface area contributed by atoms with E-state index in [4.69, 9.17) is 0 Å². The van der Waals surface area contributed by atoms with Gasteiger partial charge in [-0.15, -0.1) is 0 Å². The van der Waals surface area contributed by atoms with E-state index < -0.39 is 74.6 Å². The third kappa shape index (κ3) is 6.89. The van der Waals surface area contributed by atoms with Crippen molar-refractivity contribution in [3.8, 4) is 40.8 Å². The predicted molar refractivity (Wildman–Crippen MR) is 146 cm³/mol. The largest absolute Gasteiger partial charge is 0.458 e. The van der Waals surface area contributed by atoms with Crippen LogP contribution >= 0.6 is 0 Å². The number of hydrogen-bond acceptors (Lipinski definition) is 3. The van der Waals surface area contributed by atoms with Gasteiger partial charge in [-0.3, -0.25) is 0 Å². The molecule has 232 valence electrons. The summed E-state index contributed by atoms with van der Waals surface area (Å²) < 4.78 is 145. The second kappa shape index (κ2) is 12.1. The Bertz CT molecular complexity index is 2100. The maximum absolute atomic E-state index is 15.0. The Morgan fingerprint density at radius 3 is 2.00 bits per heavy atom. The Morgan fingerprint density at radius 2 is 1.37 bits per heavy atom. The molecule has 0 aliphatic carbocycles. The van der Waals surface area contributed by atoms with Gasteiger partial charge in [-0.1, -0.05) is 17.8 Å². The quantitative estimate of drug-likeness (QED) is 0.145. The van der Waals surface area contributed by atoms with Gasteiger partial charge in [0.05, 0.1) is 11.1 Å². The fourth-order valence-electron chi connectivity index (χ4n) is 4.18. The maximum Gasteiger partial charge on any atom is 0.458 e. The molecule has 0 fully saturated rings. The van der Waals surface area contributed by atoms with Crippen molar-refractivity contribution in [2.24, 2.45) is 0 Å². The van der Waals surface area contributed by atoms with Crippen LogP contribution in [-0.2, 0) is 6.11 Å². The van der Waals surface area contributed by atoms with Crippen LogP contribution < -0.4 is 4.74 Å². The van der Waals surface area contributed by atoms with Gasteiger partial charge in [0.15, 0.2) is 5.82 Å². The van der Waals surface area contributed by atoms with E-state index in [1.807, 2.05) is 0 Å². The molecule has 0 bridgehead atoms. The van der Waals surface area contributed by atoms with Crippen molar-refractivity contribution in [2.45, 2.75) is 19.2 Å². The molecule has 0 aliphatic heterocycles. The van der Waals surface area contributed by atoms with Gasteiger partial charge >= 0.3 is 12.3 Å². The summed E-state index contributed by atoms with van der Waals surface area (Å²) in [6.07, 6.45) is -6.62. The van der Waals surface area contributed by atoms with Gasteiger partial charge in [0.25, 0.3) is 0 Å². The van der Waals surface area contributed by atoms with Crippen LogP contribution in [0.3, 0.4) is 0 Å². The molecule has 0 atom stereocenters. The fourth-order valence-corrected chi connectivity index (χ4v) is 4.18. The molecule has 4 aromatic carbocycles. The fraction of sp³-hybridized carbons (Fsp3) is 0.0909. The van der Waals surface area contributed by atoms with E-state index in [0.29, 0.717) is 29.8 Å². The molecule has 3 nitrogen and oxygen atoms in total. The number of ether oxygens (including phenoxy) is 1. The normalized spacial score (nSPS) is 11.5. The first kappa shape index (κ1) is 31.9. The van der Waals surface area contributed by atoms with Gasteiger partial charge in [0.2, 0.25) is 0 Å². The van der Waals surface area contributed by atoms with Crippen molar-refractivity contribution in [3.63, 3.8) is 0 Å². The van der Waals surface area contributed by atoms with Gasteiger partial charge in [-0.2, -0.15) is 22.0 Å². The third-order valence-corrected chi connectivity index (χ3v) is 6.26. The first-order valence-electron chi connectivity index (χ1n) is 12.8. The minimum atomic E-state index is -5.03. The van der Waals surface area contributed by atoms with Crippen LogP contribution in [0.15, 0.2) is 67.0 Å². The molecular formula is C33H14F10N2O. The molecule has 1 heterocycles. The number of hydrogen-bond donors (Lipinski definition) is 0. The zero-order valence-corrected chi connectivity index (χ0v) is 22.9. The number of benzene rings is 4. The Morgan fingerprint density at radius 1 is 0.696 bits per heavy atom. The number of aromatic nitrogens is 2. The summed E-state index contributed by atoms with van der Waals surface area (Å²) in [4.78, 5) is 8.18. The number of nitrogens with zero attached hydrogens (tertiary/aromatic N) is 2. The zero-order chi connectivity index (χ0) is 33.4. The molecule has 0 radical (unpaired) electrons. The van der Waals surface area contributed by atoms with Crippen LogP contribution in [0.25, 0.3) is 22.2 Å². The summed E-state index contributed by atoms with van der Waals surface area (Å²) in [5, 5.41) is -0.905. The van der Waals surface area contributed by atoms with Crippen molar-refractivity contribution in [1.29, 1.82) is 0 Å². The predicted octanol–water partition coefficient (Wildman–Crippen LogP) is 8.74. The van der Waals surface area contributed by atoms with E-state index in [0.717, 1.165) is 29.7 Å². The van der Waals surface area contributed by atoms with E-state index in [2.05, 4.69) is 26.5 Å². The lowest BCUT2D eigenvalue weighted by molar-refractivity contribution is -0.189. The van der Waals surface area contributed by atoms with Crippen molar-refractivity contribution < 1.29 is 48.6 Å². The van der Waals surface area contributed by atoms with E-state index in [9.17, 15) is 43.9 Å². The maximum atomic E-state index is 15.0. The standard InChI is InChI=1S/C33H14F10N2O/c1-17-15-44-31(45-16-17)20-5-4-19(25(34)13-20)3-2-18-10-27(36)29(28(37)11-18)33(42,43)46-22-6-7-23-21(12-22)14-26(35)24(30(23)38)8-9-32(39,40)41/h4-7,10-16H,1H3. The summed E-state index contributed by atoms with van der Waals surface area (Å²) in [7, 11) is 0. The van der Waals surface area contributed by atoms with Crippen molar-refractivity contribution in [1.82, 2.24) is 9.97 Å². The van der Waals surface area contributed by atoms with E-state index in [1.165, 1.54) is 18.1 Å². The van der Waals surface area contributed by atoms with Crippen LogP contribution in [-0.4, -0.2) is 16.1 Å². The van der Waals surface area contributed by atoms with Gasteiger partial charge in [-0.05, 0) is 72.5 Å². The Balaban J connectivity index is 1.39. The van der Waals surface area contributed by atoms with Crippen LogP contribution in [0.2, 0.25) is 0 Å². The highest BCUT2D eigenvalue weighted by Gasteiger charge is 2.41.